The SMILES string of the molecule is CC(C)=CCC[C@@H](C)CCOc1ccc2oc(=O)ccc2c1. The number of fused-ring (bicyclic) bond motifs is 1. The van der Waals surface area contributed by atoms with Gasteiger partial charge in [0.05, 0.1) is 6.61 Å². The van der Waals surface area contributed by atoms with Crippen LogP contribution in [0.2, 0.25) is 0 Å². The number of rotatable bonds is 7. The van der Waals surface area contributed by atoms with Crippen LogP contribution in [0, 0.1) is 5.92 Å². The number of ether oxygens (including phenoxy) is 1. The molecule has 0 amide bonds. The highest BCUT2D eigenvalue weighted by Crippen LogP contribution is 2.20. The van der Waals surface area contributed by atoms with Crippen molar-refractivity contribution in [2.75, 3.05) is 6.61 Å². The summed E-state index contributed by atoms with van der Waals surface area (Å²) in [4.78, 5) is 11.1. The molecule has 0 spiro atoms. The topological polar surface area (TPSA) is 39.4 Å². The van der Waals surface area contributed by atoms with Gasteiger partial charge in [0.2, 0.25) is 0 Å². The first-order valence-electron chi connectivity index (χ1n) is 7.84. The van der Waals surface area contributed by atoms with E-state index in [0.29, 0.717) is 18.1 Å². The van der Waals surface area contributed by atoms with E-state index in [1.807, 2.05) is 12.1 Å². The Morgan fingerprint density at radius 1 is 1.23 bits per heavy atom. The third kappa shape index (κ3) is 5.06. The molecule has 0 saturated heterocycles. The summed E-state index contributed by atoms with van der Waals surface area (Å²) in [5.41, 5.74) is 1.65. The van der Waals surface area contributed by atoms with Gasteiger partial charge in [0.25, 0.3) is 0 Å². The molecule has 0 aliphatic rings. The fraction of sp³-hybridized carbons (Fsp3) is 0.421. The van der Waals surface area contributed by atoms with Gasteiger partial charge >= 0.3 is 5.63 Å². The molecule has 1 aromatic heterocycles. The van der Waals surface area contributed by atoms with Gasteiger partial charge in [0.15, 0.2) is 0 Å². The van der Waals surface area contributed by atoms with Crippen molar-refractivity contribution in [3.63, 3.8) is 0 Å². The fourth-order valence-electron chi connectivity index (χ4n) is 2.32. The molecule has 1 heterocycles. The standard InChI is InChI=1S/C19H24O3/c1-14(2)5-4-6-15(3)11-12-21-17-8-9-18-16(13-17)7-10-19(20)22-18/h5,7-10,13,15H,4,6,11-12H2,1-3H3/t15-/m1/s1. The van der Waals surface area contributed by atoms with E-state index in [1.54, 1.807) is 12.1 Å². The van der Waals surface area contributed by atoms with Gasteiger partial charge in [-0.2, -0.15) is 0 Å². The Kier molecular flexibility index (Phi) is 5.82. The second-order valence-corrected chi connectivity index (χ2v) is 6.06. The summed E-state index contributed by atoms with van der Waals surface area (Å²) in [7, 11) is 0. The summed E-state index contributed by atoms with van der Waals surface area (Å²) in [5, 5.41) is 0.883. The minimum atomic E-state index is -0.327. The van der Waals surface area contributed by atoms with Crippen LogP contribution in [0.3, 0.4) is 0 Å². The maximum atomic E-state index is 11.1. The molecular formula is C19H24O3. The van der Waals surface area contributed by atoms with Gasteiger partial charge in [-0.25, -0.2) is 4.79 Å². The third-order valence-corrected chi connectivity index (χ3v) is 3.68. The molecule has 22 heavy (non-hydrogen) atoms. The predicted octanol–water partition coefficient (Wildman–Crippen LogP) is 4.94. The largest absolute Gasteiger partial charge is 0.494 e. The third-order valence-electron chi connectivity index (χ3n) is 3.68. The number of benzene rings is 1. The summed E-state index contributed by atoms with van der Waals surface area (Å²) in [5.74, 6) is 1.46. The molecule has 0 aliphatic carbocycles. The van der Waals surface area contributed by atoms with Crippen molar-refractivity contribution in [3.05, 3.63) is 52.4 Å². The molecule has 0 unspecified atom stereocenters. The molecule has 3 heteroatoms. The number of allylic oxidation sites excluding steroid dienone is 2. The molecule has 0 saturated carbocycles. The fourth-order valence-corrected chi connectivity index (χ4v) is 2.32. The van der Waals surface area contributed by atoms with Crippen molar-refractivity contribution in [2.45, 2.75) is 40.0 Å². The van der Waals surface area contributed by atoms with E-state index in [-0.39, 0.29) is 5.63 Å². The van der Waals surface area contributed by atoms with E-state index in [1.165, 1.54) is 18.1 Å². The Bertz CT molecular complexity index is 693. The highest BCUT2D eigenvalue weighted by molar-refractivity contribution is 5.77. The van der Waals surface area contributed by atoms with Crippen LogP contribution < -0.4 is 10.4 Å². The lowest BCUT2D eigenvalue weighted by molar-refractivity contribution is 0.280. The summed E-state index contributed by atoms with van der Waals surface area (Å²) in [6, 6.07) is 8.73. The Hall–Kier alpha value is -2.03. The second kappa shape index (κ2) is 7.83. The van der Waals surface area contributed by atoms with E-state index in [9.17, 15) is 4.79 Å². The molecule has 0 radical (unpaired) electrons. The van der Waals surface area contributed by atoms with Crippen LogP contribution in [0.1, 0.15) is 40.0 Å². The Labute approximate surface area is 131 Å². The summed E-state index contributed by atoms with van der Waals surface area (Å²) in [6.07, 6.45) is 5.66. The first kappa shape index (κ1) is 16.3. The minimum absolute atomic E-state index is 0.327. The lowest BCUT2D eigenvalue weighted by atomic mass is 10.0. The van der Waals surface area contributed by atoms with Crippen LogP contribution in [-0.2, 0) is 0 Å². The molecule has 2 aromatic rings. The van der Waals surface area contributed by atoms with Crippen LogP contribution in [0.25, 0.3) is 11.0 Å². The quantitative estimate of drug-likeness (QED) is 0.537. The molecule has 0 fully saturated rings. The molecule has 0 bridgehead atoms. The lowest BCUT2D eigenvalue weighted by Gasteiger charge is -2.11. The molecule has 0 aliphatic heterocycles. The van der Waals surface area contributed by atoms with Gasteiger partial charge in [-0.1, -0.05) is 18.6 Å². The average molecular weight is 300 g/mol. The van der Waals surface area contributed by atoms with Crippen LogP contribution in [0.5, 0.6) is 5.75 Å². The minimum Gasteiger partial charge on any atom is -0.494 e. The van der Waals surface area contributed by atoms with E-state index >= 15 is 0 Å². The number of hydrogen-bond acceptors (Lipinski definition) is 3. The van der Waals surface area contributed by atoms with E-state index in [0.717, 1.165) is 24.0 Å². The van der Waals surface area contributed by atoms with E-state index in [4.69, 9.17) is 9.15 Å². The first-order valence-corrected chi connectivity index (χ1v) is 7.84. The molecule has 2 rings (SSSR count). The zero-order valence-electron chi connectivity index (χ0n) is 13.6. The predicted molar refractivity (Wildman–Crippen MR) is 90.4 cm³/mol. The van der Waals surface area contributed by atoms with E-state index < -0.39 is 0 Å². The summed E-state index contributed by atoms with van der Waals surface area (Å²) < 4.78 is 10.9. The van der Waals surface area contributed by atoms with Gasteiger partial charge in [0.1, 0.15) is 11.3 Å². The highest BCUT2D eigenvalue weighted by atomic mass is 16.5. The lowest BCUT2D eigenvalue weighted by Crippen LogP contribution is -2.04. The van der Waals surface area contributed by atoms with Crippen LogP contribution in [-0.4, -0.2) is 6.61 Å². The Morgan fingerprint density at radius 2 is 2.05 bits per heavy atom. The Morgan fingerprint density at radius 3 is 2.82 bits per heavy atom. The van der Waals surface area contributed by atoms with Crippen LogP contribution >= 0.6 is 0 Å². The maximum Gasteiger partial charge on any atom is 0.336 e. The molecule has 3 nitrogen and oxygen atoms in total. The van der Waals surface area contributed by atoms with Gasteiger partial charge in [0, 0.05) is 11.5 Å². The van der Waals surface area contributed by atoms with Crippen LogP contribution in [0.4, 0.5) is 0 Å². The monoisotopic (exact) mass is 300 g/mol. The maximum absolute atomic E-state index is 11.1. The first-order chi connectivity index (χ1) is 10.5. The molecule has 118 valence electrons. The smallest absolute Gasteiger partial charge is 0.336 e. The Balaban J connectivity index is 1.83. The van der Waals surface area contributed by atoms with Gasteiger partial charge in [-0.05, 0) is 63.3 Å². The van der Waals surface area contributed by atoms with Crippen molar-refractivity contribution >= 4 is 11.0 Å². The van der Waals surface area contributed by atoms with Crippen molar-refractivity contribution in [2.24, 2.45) is 5.92 Å². The zero-order chi connectivity index (χ0) is 15.9. The van der Waals surface area contributed by atoms with Crippen molar-refractivity contribution in [3.8, 4) is 5.75 Å². The van der Waals surface area contributed by atoms with Gasteiger partial charge in [-0.15, -0.1) is 0 Å². The van der Waals surface area contributed by atoms with Crippen molar-refractivity contribution in [1.29, 1.82) is 0 Å². The second-order valence-electron chi connectivity index (χ2n) is 6.06. The van der Waals surface area contributed by atoms with Crippen LogP contribution in [0.15, 0.2) is 51.2 Å². The molecular weight excluding hydrogens is 276 g/mol. The van der Waals surface area contributed by atoms with Gasteiger partial charge in [-0.3, -0.25) is 0 Å². The summed E-state index contributed by atoms with van der Waals surface area (Å²) >= 11 is 0. The molecule has 1 aromatic carbocycles. The highest BCUT2D eigenvalue weighted by Gasteiger charge is 2.03. The molecule has 1 atom stereocenters. The van der Waals surface area contributed by atoms with Crippen molar-refractivity contribution < 1.29 is 9.15 Å². The molecule has 0 N–H and O–H groups in total. The van der Waals surface area contributed by atoms with Gasteiger partial charge < -0.3 is 9.15 Å². The summed E-state index contributed by atoms with van der Waals surface area (Å²) in [6.45, 7) is 7.24. The van der Waals surface area contributed by atoms with E-state index in [2.05, 4.69) is 26.8 Å². The van der Waals surface area contributed by atoms with Crippen molar-refractivity contribution in [1.82, 2.24) is 0 Å². The average Bonchev–Trinajstić information content (AvgIpc) is 2.47. The zero-order valence-corrected chi connectivity index (χ0v) is 13.6. The number of hydrogen-bond donors (Lipinski definition) is 0. The normalized spacial score (nSPS) is 12.1.